The number of rotatable bonds is 16. The van der Waals surface area contributed by atoms with Gasteiger partial charge in [-0.25, -0.2) is 31.6 Å². The molecule has 3 aromatic heterocycles. The molecule has 0 radical (unpaired) electrons. The third-order valence-corrected chi connectivity index (χ3v) is 11.6. The second-order valence-corrected chi connectivity index (χ2v) is 16.3. The van der Waals surface area contributed by atoms with E-state index in [4.69, 9.17) is 24.1 Å². The number of hydroxylamine groups is 1. The first kappa shape index (κ1) is 39.3. The van der Waals surface area contributed by atoms with Gasteiger partial charge in [0.15, 0.2) is 17.2 Å². The minimum absolute atomic E-state index is 0.00579. The maximum absolute atomic E-state index is 13.6. The number of aliphatic hydroxyl groups excluding tert-OH is 2. The first-order valence-corrected chi connectivity index (χ1v) is 20.0. The van der Waals surface area contributed by atoms with Crippen molar-refractivity contribution < 1.29 is 46.4 Å². The monoisotopic (exact) mass is 807 g/mol. The summed E-state index contributed by atoms with van der Waals surface area (Å²) in [5.41, 5.74) is 5.52. The van der Waals surface area contributed by atoms with Gasteiger partial charge in [-0.05, 0) is 80.0 Å². The Morgan fingerprint density at radius 1 is 0.927 bits per heavy atom. The molecule has 294 valence electrons. The fourth-order valence-corrected chi connectivity index (χ4v) is 7.48. The maximum atomic E-state index is 13.6. The van der Waals surface area contributed by atoms with Crippen LogP contribution in [-0.4, -0.2) is 109 Å². The molecule has 0 bridgehead atoms. The molecule has 24 heteroatoms. The van der Waals surface area contributed by atoms with Crippen LogP contribution in [0.15, 0.2) is 60.0 Å². The van der Waals surface area contributed by atoms with Gasteiger partial charge < -0.3 is 20.8 Å². The Hall–Kier alpha value is -5.43. The van der Waals surface area contributed by atoms with Crippen LogP contribution < -0.4 is 21.9 Å². The Morgan fingerprint density at radius 3 is 2.35 bits per heavy atom. The van der Waals surface area contributed by atoms with Gasteiger partial charge in [0.2, 0.25) is 17.5 Å². The molecule has 4 atom stereocenters. The van der Waals surface area contributed by atoms with Gasteiger partial charge in [0.25, 0.3) is 0 Å². The Kier molecular flexibility index (Phi) is 12.4. The molecule has 0 saturated carbocycles. The lowest BCUT2D eigenvalue weighted by Crippen LogP contribution is -2.31. The molecular formula is C31H35F2N11O9S2. The average molecular weight is 808 g/mol. The average Bonchev–Trinajstić information content (AvgIpc) is 3.89. The Morgan fingerprint density at radius 2 is 1.62 bits per heavy atom. The molecule has 2 aliphatic carbocycles. The van der Waals surface area contributed by atoms with E-state index in [-0.39, 0.29) is 95.9 Å². The number of amidine groups is 1. The number of halogens is 2. The standard InChI is InChI=1S/C16H16FN5O5S.C15H19FN6O4S/c17-10-2-1-9-7-12(11(9)8-10)22-15(21-26-16(22)24)13-14(20-27-19-13)18-3-5-28(25)6-4-23;16-10-2-1-9-7-12(11(9)8-10)19-15(20-24)13-14(22-26-21-13)18-3-5-27(17,25)6-4-23/h1-2,8,12,23H,3-7H2,(H,18,20);1-2,8,12,17,23-24H,3-7H2,(H,18,22)(H,19,20)/t12-,28?;12-,27?/m00/s1. The minimum atomic E-state index is -2.90. The van der Waals surface area contributed by atoms with Crippen molar-refractivity contribution in [2.24, 2.45) is 4.99 Å². The highest BCUT2D eigenvalue weighted by Crippen LogP contribution is 2.39. The predicted octanol–water partition coefficient (Wildman–Crippen LogP) is 1.01. The van der Waals surface area contributed by atoms with Crippen LogP contribution in [0, 0.1) is 16.4 Å². The minimum Gasteiger partial charge on any atom is -0.395 e. The number of hydrogen-bond donors (Lipinski definition) is 7. The fraction of sp³-hybridized carbons (Fsp3) is 0.387. The zero-order chi connectivity index (χ0) is 39.1. The third-order valence-electron chi connectivity index (χ3n) is 8.60. The molecule has 0 aliphatic heterocycles. The van der Waals surface area contributed by atoms with Crippen molar-refractivity contribution in [2.45, 2.75) is 24.9 Å². The van der Waals surface area contributed by atoms with E-state index >= 15 is 0 Å². The lowest BCUT2D eigenvalue weighted by Gasteiger charge is -2.30. The van der Waals surface area contributed by atoms with E-state index in [1.54, 1.807) is 12.1 Å². The van der Waals surface area contributed by atoms with Gasteiger partial charge in [-0.2, -0.15) is 0 Å². The lowest BCUT2D eigenvalue weighted by atomic mass is 9.83. The molecule has 55 heavy (non-hydrogen) atoms. The normalized spacial score (nSPS) is 17.4. The highest BCUT2D eigenvalue weighted by atomic mass is 32.2. The molecule has 0 amide bonds. The van der Waals surface area contributed by atoms with Crippen LogP contribution in [0.5, 0.6) is 0 Å². The number of aliphatic imine (C=N–C) groups is 1. The number of nitrogens with zero attached hydrogens (tertiary/aromatic N) is 7. The number of anilines is 2. The second kappa shape index (κ2) is 17.4. The summed E-state index contributed by atoms with van der Waals surface area (Å²) in [5, 5.41) is 51.4. The summed E-state index contributed by atoms with van der Waals surface area (Å²) in [7, 11) is -4.07. The Balaban J connectivity index is 0.000000187. The fourth-order valence-electron chi connectivity index (χ4n) is 5.81. The van der Waals surface area contributed by atoms with Gasteiger partial charge in [-0.15, -0.1) is 0 Å². The van der Waals surface area contributed by atoms with Crippen molar-refractivity contribution in [1.29, 1.82) is 4.78 Å². The van der Waals surface area contributed by atoms with E-state index in [2.05, 4.69) is 46.0 Å². The Bertz CT molecular complexity index is 2350. The van der Waals surface area contributed by atoms with E-state index in [0.29, 0.717) is 18.4 Å². The van der Waals surface area contributed by atoms with Gasteiger partial charge in [0, 0.05) is 50.9 Å². The van der Waals surface area contributed by atoms with Crippen molar-refractivity contribution >= 4 is 38.0 Å². The summed E-state index contributed by atoms with van der Waals surface area (Å²) >= 11 is 0. The number of benzene rings is 2. The van der Waals surface area contributed by atoms with Gasteiger partial charge in [-0.1, -0.05) is 17.3 Å². The molecule has 20 nitrogen and oxygen atoms in total. The highest BCUT2D eigenvalue weighted by Gasteiger charge is 2.34. The molecule has 7 N–H and O–H groups in total. The summed E-state index contributed by atoms with van der Waals surface area (Å²) in [6, 6.07) is 8.13. The quantitative estimate of drug-likeness (QED) is 0.0416. The van der Waals surface area contributed by atoms with Crippen molar-refractivity contribution in [3.8, 4) is 11.5 Å². The third kappa shape index (κ3) is 9.10. The number of fused-ring (bicyclic) bond motifs is 2. The molecule has 2 aromatic carbocycles. The number of aromatic nitrogens is 6. The van der Waals surface area contributed by atoms with Crippen LogP contribution in [0.1, 0.15) is 40.0 Å². The van der Waals surface area contributed by atoms with E-state index in [0.717, 1.165) is 16.7 Å². The molecule has 7 rings (SSSR count). The van der Waals surface area contributed by atoms with E-state index in [9.17, 15) is 27.2 Å². The summed E-state index contributed by atoms with van der Waals surface area (Å²) < 4.78 is 73.5. The van der Waals surface area contributed by atoms with Crippen LogP contribution >= 0.6 is 0 Å². The van der Waals surface area contributed by atoms with Gasteiger partial charge >= 0.3 is 5.76 Å². The Labute approximate surface area is 312 Å². The highest BCUT2D eigenvalue weighted by molar-refractivity contribution is 7.92. The summed E-state index contributed by atoms with van der Waals surface area (Å²) in [5.74, 6) is -0.654. The smallest absolute Gasteiger partial charge is 0.395 e. The predicted molar refractivity (Wildman–Crippen MR) is 191 cm³/mol. The molecule has 0 saturated heterocycles. The first-order valence-electron chi connectivity index (χ1n) is 16.6. The topological polar surface area (TPSA) is 293 Å². The van der Waals surface area contributed by atoms with Crippen LogP contribution in [0.4, 0.5) is 20.4 Å². The van der Waals surface area contributed by atoms with Crippen molar-refractivity contribution in [3.05, 3.63) is 86.5 Å². The van der Waals surface area contributed by atoms with Crippen LogP contribution in [0.25, 0.3) is 11.5 Å². The van der Waals surface area contributed by atoms with Crippen LogP contribution in [0.3, 0.4) is 0 Å². The number of hydrogen-bond acceptors (Lipinski definition) is 18. The van der Waals surface area contributed by atoms with Crippen molar-refractivity contribution in [2.75, 3.05) is 59.9 Å². The largest absolute Gasteiger partial charge is 0.442 e. The maximum Gasteiger partial charge on any atom is 0.442 e. The lowest BCUT2D eigenvalue weighted by molar-refractivity contribution is 0.232. The first-order chi connectivity index (χ1) is 26.5. The van der Waals surface area contributed by atoms with Gasteiger partial charge in [-0.3, -0.25) is 29.2 Å². The number of nitrogens with one attached hydrogen (secondary N) is 4. The van der Waals surface area contributed by atoms with Crippen molar-refractivity contribution in [1.82, 2.24) is 35.8 Å². The molecular weight excluding hydrogens is 773 g/mol. The molecule has 0 fully saturated rings. The van der Waals surface area contributed by atoms with E-state index < -0.39 is 38.1 Å². The van der Waals surface area contributed by atoms with Crippen molar-refractivity contribution in [3.63, 3.8) is 0 Å². The van der Waals surface area contributed by atoms with Gasteiger partial charge in [0.1, 0.15) is 11.6 Å². The van der Waals surface area contributed by atoms with E-state index in [1.165, 1.54) is 28.8 Å². The summed E-state index contributed by atoms with van der Waals surface area (Å²) in [6.07, 6.45) is 1.12. The van der Waals surface area contributed by atoms with Crippen LogP contribution in [-0.2, 0) is 33.4 Å². The SMILES string of the molecule is N=S(=O)(CCO)CCNc1nonc1C(=N[C@H]1Cc2ccc(F)cc21)NO.O=c1onc(-c2nonc2NCCS(=O)CCO)n1[C@H]1Cc2ccc(F)cc21. The molecule has 2 unspecified atom stereocenters. The van der Waals surface area contributed by atoms with E-state index in [1.807, 2.05) is 5.48 Å². The second-order valence-electron chi connectivity index (χ2n) is 12.1. The molecule has 5 aromatic rings. The zero-order valence-electron chi connectivity index (χ0n) is 28.7. The zero-order valence-corrected chi connectivity index (χ0v) is 30.3. The van der Waals surface area contributed by atoms with Crippen LogP contribution in [0.2, 0.25) is 0 Å². The number of aliphatic hydroxyl groups is 2. The molecule has 0 spiro atoms. The molecule has 3 heterocycles. The molecule has 2 aliphatic rings. The summed E-state index contributed by atoms with van der Waals surface area (Å²) in [6.45, 7) is -0.0705. The summed E-state index contributed by atoms with van der Waals surface area (Å²) in [4.78, 5) is 16.6. The van der Waals surface area contributed by atoms with Gasteiger partial charge in [0.05, 0.1) is 31.1 Å².